The molecule has 1 atom stereocenters. The summed E-state index contributed by atoms with van der Waals surface area (Å²) in [5.41, 5.74) is 0.836. The topological polar surface area (TPSA) is 35.6 Å². The molecule has 1 aliphatic heterocycles. The van der Waals surface area contributed by atoms with Gasteiger partial charge in [-0.3, -0.25) is 4.90 Å². The molecule has 1 aliphatic rings. The molecule has 2 amide bonds. The molecule has 0 bridgehead atoms. The summed E-state index contributed by atoms with van der Waals surface area (Å²) in [5, 5.41) is 2.31. The molecule has 4 nitrogen and oxygen atoms in total. The Morgan fingerprint density at radius 2 is 1.62 bits per heavy atom. The van der Waals surface area contributed by atoms with Crippen LogP contribution in [0.1, 0.15) is 18.5 Å². The monoisotopic (exact) mass is 363 g/mol. The molecule has 26 heavy (non-hydrogen) atoms. The first kappa shape index (κ1) is 18.3. The Labute approximate surface area is 150 Å². The zero-order valence-electron chi connectivity index (χ0n) is 14.4. The van der Waals surface area contributed by atoms with Gasteiger partial charge in [0.25, 0.3) is 0 Å². The minimum Gasteiger partial charge on any atom is -0.322 e. The maximum atomic E-state index is 13.7. The van der Waals surface area contributed by atoms with Crippen molar-refractivity contribution in [3.05, 3.63) is 65.5 Å². The first-order valence-corrected chi connectivity index (χ1v) is 8.46. The first-order valence-electron chi connectivity index (χ1n) is 8.46. The van der Waals surface area contributed by atoms with Crippen LogP contribution in [0.25, 0.3) is 0 Å². The third-order valence-corrected chi connectivity index (χ3v) is 4.71. The number of amides is 2. The molecule has 1 saturated heterocycles. The fourth-order valence-corrected chi connectivity index (χ4v) is 3.07. The first-order chi connectivity index (χ1) is 12.5. The number of benzene rings is 2. The number of hydrogen-bond donors (Lipinski definition) is 1. The van der Waals surface area contributed by atoms with Crippen molar-refractivity contribution in [3.8, 4) is 0 Å². The van der Waals surface area contributed by atoms with Crippen LogP contribution in [0.3, 0.4) is 0 Å². The van der Waals surface area contributed by atoms with Gasteiger partial charge in [-0.25, -0.2) is 18.0 Å². The summed E-state index contributed by atoms with van der Waals surface area (Å²) in [5.74, 6) is -4.27. The number of halogens is 3. The molecule has 0 saturated carbocycles. The lowest BCUT2D eigenvalue weighted by Crippen LogP contribution is -2.50. The van der Waals surface area contributed by atoms with Crippen molar-refractivity contribution >= 4 is 11.7 Å². The molecule has 7 heteroatoms. The van der Waals surface area contributed by atoms with Gasteiger partial charge in [-0.15, -0.1) is 0 Å². The van der Waals surface area contributed by atoms with Crippen molar-refractivity contribution in [2.45, 2.75) is 13.0 Å². The van der Waals surface area contributed by atoms with E-state index >= 15 is 0 Å². The van der Waals surface area contributed by atoms with E-state index in [1.54, 1.807) is 0 Å². The van der Waals surface area contributed by atoms with Crippen LogP contribution in [0, 0.1) is 17.5 Å². The molecule has 0 unspecified atom stereocenters. The third kappa shape index (κ3) is 3.83. The molecule has 0 aliphatic carbocycles. The molecule has 0 aromatic heterocycles. The quantitative estimate of drug-likeness (QED) is 0.837. The highest BCUT2D eigenvalue weighted by molar-refractivity contribution is 5.89. The molecular weight excluding hydrogens is 343 g/mol. The van der Waals surface area contributed by atoms with Gasteiger partial charge in [0.05, 0.1) is 5.69 Å². The van der Waals surface area contributed by atoms with E-state index in [-0.39, 0.29) is 11.7 Å². The Morgan fingerprint density at radius 1 is 0.962 bits per heavy atom. The van der Waals surface area contributed by atoms with Gasteiger partial charge in [0.1, 0.15) is 0 Å². The van der Waals surface area contributed by atoms with Crippen LogP contribution in [0.15, 0.2) is 42.5 Å². The Kier molecular flexibility index (Phi) is 5.46. The summed E-state index contributed by atoms with van der Waals surface area (Å²) in [6.07, 6.45) is 0. The largest absolute Gasteiger partial charge is 0.322 e. The molecule has 138 valence electrons. The standard InChI is InChI=1S/C19H20F3N3O/c1-13(14-5-3-2-4-6-14)24-9-11-25(12-10-24)19(26)23-16-8-7-15(20)17(21)18(16)22/h2-8,13H,9-12H2,1H3,(H,23,26)/t13-/m1/s1. The Hall–Kier alpha value is -2.54. The average Bonchev–Trinajstić information content (AvgIpc) is 2.68. The van der Waals surface area contributed by atoms with E-state index < -0.39 is 23.5 Å². The average molecular weight is 363 g/mol. The Morgan fingerprint density at radius 3 is 2.27 bits per heavy atom. The van der Waals surface area contributed by atoms with E-state index in [4.69, 9.17) is 0 Å². The number of hydrogen-bond acceptors (Lipinski definition) is 2. The van der Waals surface area contributed by atoms with Crippen molar-refractivity contribution in [1.29, 1.82) is 0 Å². The van der Waals surface area contributed by atoms with Gasteiger partial charge in [-0.05, 0) is 24.6 Å². The van der Waals surface area contributed by atoms with Crippen molar-refractivity contribution in [2.75, 3.05) is 31.5 Å². The number of rotatable bonds is 3. The number of piperazine rings is 1. The summed E-state index contributed by atoms with van der Waals surface area (Å²) >= 11 is 0. The summed E-state index contributed by atoms with van der Waals surface area (Å²) in [4.78, 5) is 16.1. The molecule has 0 spiro atoms. The number of nitrogens with one attached hydrogen (secondary N) is 1. The molecule has 1 fully saturated rings. The van der Waals surface area contributed by atoms with E-state index in [1.807, 2.05) is 18.2 Å². The van der Waals surface area contributed by atoms with Crippen LogP contribution in [0.4, 0.5) is 23.7 Å². The lowest BCUT2D eigenvalue weighted by atomic mass is 10.1. The second-order valence-electron chi connectivity index (χ2n) is 6.26. The minimum atomic E-state index is -1.59. The normalized spacial score (nSPS) is 16.4. The maximum absolute atomic E-state index is 13.7. The van der Waals surface area contributed by atoms with Crippen LogP contribution in [-0.2, 0) is 0 Å². The zero-order valence-corrected chi connectivity index (χ0v) is 14.4. The SMILES string of the molecule is C[C@H](c1ccccc1)N1CCN(C(=O)Nc2ccc(F)c(F)c2F)CC1. The van der Waals surface area contributed by atoms with E-state index in [0.29, 0.717) is 26.2 Å². The highest BCUT2D eigenvalue weighted by Gasteiger charge is 2.25. The van der Waals surface area contributed by atoms with Gasteiger partial charge in [0.2, 0.25) is 0 Å². The van der Waals surface area contributed by atoms with Gasteiger partial charge in [0, 0.05) is 32.2 Å². The van der Waals surface area contributed by atoms with Crippen LogP contribution in [0.2, 0.25) is 0 Å². The van der Waals surface area contributed by atoms with Crippen LogP contribution in [0.5, 0.6) is 0 Å². The molecule has 1 heterocycles. The number of nitrogens with zero attached hydrogens (tertiary/aromatic N) is 2. The smallest absolute Gasteiger partial charge is 0.322 e. The van der Waals surface area contributed by atoms with Gasteiger partial charge < -0.3 is 10.2 Å². The number of urea groups is 1. The Bertz CT molecular complexity index is 777. The zero-order chi connectivity index (χ0) is 18.7. The van der Waals surface area contributed by atoms with Crippen LogP contribution in [-0.4, -0.2) is 42.0 Å². The van der Waals surface area contributed by atoms with Crippen LogP contribution >= 0.6 is 0 Å². The second kappa shape index (κ2) is 7.78. The fourth-order valence-electron chi connectivity index (χ4n) is 3.07. The van der Waals surface area contributed by atoms with Crippen molar-refractivity contribution < 1.29 is 18.0 Å². The summed E-state index contributed by atoms with van der Waals surface area (Å²) in [6, 6.07) is 11.6. The minimum absolute atomic E-state index is 0.227. The number of carbonyl (C=O) groups excluding carboxylic acids is 1. The van der Waals surface area contributed by atoms with E-state index in [1.165, 1.54) is 10.5 Å². The van der Waals surface area contributed by atoms with Gasteiger partial charge in [-0.2, -0.15) is 0 Å². The predicted octanol–water partition coefficient (Wildman–Crippen LogP) is 4.01. The van der Waals surface area contributed by atoms with Crippen molar-refractivity contribution in [1.82, 2.24) is 9.80 Å². The molecule has 3 rings (SSSR count). The lowest BCUT2D eigenvalue weighted by Gasteiger charge is -2.38. The van der Waals surface area contributed by atoms with E-state index in [0.717, 1.165) is 12.1 Å². The Balaban J connectivity index is 1.58. The summed E-state index contributed by atoms with van der Waals surface area (Å²) < 4.78 is 39.9. The number of carbonyl (C=O) groups is 1. The van der Waals surface area contributed by atoms with E-state index in [2.05, 4.69) is 29.3 Å². The number of anilines is 1. The highest BCUT2D eigenvalue weighted by Crippen LogP contribution is 2.23. The van der Waals surface area contributed by atoms with Gasteiger partial charge in [0.15, 0.2) is 17.5 Å². The van der Waals surface area contributed by atoms with Crippen LogP contribution < -0.4 is 5.32 Å². The van der Waals surface area contributed by atoms with Crippen molar-refractivity contribution in [3.63, 3.8) is 0 Å². The maximum Gasteiger partial charge on any atom is 0.322 e. The molecular formula is C19H20F3N3O. The van der Waals surface area contributed by atoms with Gasteiger partial charge in [-0.1, -0.05) is 30.3 Å². The van der Waals surface area contributed by atoms with E-state index in [9.17, 15) is 18.0 Å². The lowest BCUT2D eigenvalue weighted by molar-refractivity contribution is 0.119. The summed E-state index contributed by atoms with van der Waals surface area (Å²) in [6.45, 7) is 4.39. The molecule has 2 aromatic rings. The van der Waals surface area contributed by atoms with Crippen molar-refractivity contribution in [2.24, 2.45) is 0 Å². The molecule has 0 radical (unpaired) electrons. The highest BCUT2D eigenvalue weighted by atomic mass is 19.2. The molecule has 2 aromatic carbocycles. The second-order valence-corrected chi connectivity index (χ2v) is 6.26. The predicted molar refractivity (Wildman–Crippen MR) is 93.3 cm³/mol. The van der Waals surface area contributed by atoms with Gasteiger partial charge >= 0.3 is 6.03 Å². The third-order valence-electron chi connectivity index (χ3n) is 4.71. The fraction of sp³-hybridized carbons (Fsp3) is 0.316. The summed E-state index contributed by atoms with van der Waals surface area (Å²) in [7, 11) is 0. The molecule has 1 N–H and O–H groups in total.